The summed E-state index contributed by atoms with van der Waals surface area (Å²) >= 11 is 0. The van der Waals surface area contributed by atoms with Gasteiger partial charge in [0, 0.05) is 12.1 Å². The summed E-state index contributed by atoms with van der Waals surface area (Å²) in [4.78, 5) is 12.4. The van der Waals surface area contributed by atoms with E-state index in [1.807, 2.05) is 6.20 Å². The second kappa shape index (κ2) is 4.61. The lowest BCUT2D eigenvalue weighted by Crippen LogP contribution is -2.36. The number of hydrogen-bond donors (Lipinski definition) is 1. The molecule has 0 bridgehead atoms. The molecule has 1 aliphatic carbocycles. The Kier molecular flexibility index (Phi) is 2.97. The number of aromatic nitrogens is 2. The zero-order chi connectivity index (χ0) is 11.7. The van der Waals surface area contributed by atoms with Gasteiger partial charge in [0.25, 0.3) is 5.56 Å². The van der Waals surface area contributed by atoms with Crippen molar-refractivity contribution in [2.45, 2.75) is 51.1 Å². The van der Waals surface area contributed by atoms with Crippen LogP contribution in [0, 0.1) is 0 Å². The first-order valence-corrected chi connectivity index (χ1v) is 6.66. The van der Waals surface area contributed by atoms with Gasteiger partial charge in [0.15, 0.2) is 0 Å². The SMILES string of the molecule is O=c1c2c(cnn1C1CCCCC1)CNCC2. The molecule has 0 aromatic carbocycles. The third kappa shape index (κ3) is 2.02. The molecular weight excluding hydrogens is 214 g/mol. The first-order valence-electron chi connectivity index (χ1n) is 6.66. The van der Waals surface area contributed by atoms with Gasteiger partial charge in [0.1, 0.15) is 0 Å². The minimum atomic E-state index is 0.163. The van der Waals surface area contributed by atoms with E-state index in [0.29, 0.717) is 6.04 Å². The zero-order valence-electron chi connectivity index (χ0n) is 10.1. The van der Waals surface area contributed by atoms with Crippen LogP contribution in [0.3, 0.4) is 0 Å². The van der Waals surface area contributed by atoms with E-state index >= 15 is 0 Å². The topological polar surface area (TPSA) is 46.9 Å². The normalized spacial score (nSPS) is 21.2. The van der Waals surface area contributed by atoms with Crippen LogP contribution in [-0.4, -0.2) is 16.3 Å². The van der Waals surface area contributed by atoms with Gasteiger partial charge in [-0.05, 0) is 31.4 Å². The van der Waals surface area contributed by atoms with Crippen molar-refractivity contribution in [3.05, 3.63) is 27.7 Å². The molecule has 0 saturated heterocycles. The van der Waals surface area contributed by atoms with Gasteiger partial charge in [0.2, 0.25) is 0 Å². The number of nitrogens with zero attached hydrogens (tertiary/aromatic N) is 2. The van der Waals surface area contributed by atoms with Gasteiger partial charge in [-0.3, -0.25) is 4.79 Å². The molecule has 2 aliphatic rings. The molecule has 0 spiro atoms. The molecule has 1 aromatic heterocycles. The van der Waals surface area contributed by atoms with E-state index < -0.39 is 0 Å². The smallest absolute Gasteiger partial charge is 0.270 e. The lowest BCUT2D eigenvalue weighted by Gasteiger charge is -2.24. The van der Waals surface area contributed by atoms with Crippen molar-refractivity contribution >= 4 is 0 Å². The van der Waals surface area contributed by atoms with Crippen LogP contribution in [0.5, 0.6) is 0 Å². The maximum atomic E-state index is 12.4. The van der Waals surface area contributed by atoms with Gasteiger partial charge in [0.05, 0.1) is 12.2 Å². The highest BCUT2D eigenvalue weighted by Gasteiger charge is 2.21. The standard InChI is InChI=1S/C13H19N3O/c17-13-12-6-7-14-8-10(12)9-15-16(13)11-4-2-1-3-5-11/h9,11,14H,1-8H2. The Morgan fingerprint density at radius 2 is 2.12 bits per heavy atom. The Labute approximate surface area is 101 Å². The van der Waals surface area contributed by atoms with E-state index in [0.717, 1.165) is 43.5 Å². The predicted molar refractivity (Wildman–Crippen MR) is 66.0 cm³/mol. The molecule has 1 aromatic rings. The van der Waals surface area contributed by atoms with Gasteiger partial charge in [-0.2, -0.15) is 5.10 Å². The molecule has 92 valence electrons. The summed E-state index contributed by atoms with van der Waals surface area (Å²) in [7, 11) is 0. The molecule has 1 saturated carbocycles. The van der Waals surface area contributed by atoms with Crippen LogP contribution in [0.1, 0.15) is 49.3 Å². The highest BCUT2D eigenvalue weighted by molar-refractivity contribution is 5.23. The average molecular weight is 233 g/mol. The summed E-state index contributed by atoms with van der Waals surface area (Å²) in [5.41, 5.74) is 2.24. The largest absolute Gasteiger partial charge is 0.312 e. The average Bonchev–Trinajstić information content (AvgIpc) is 2.40. The molecule has 17 heavy (non-hydrogen) atoms. The third-order valence-corrected chi connectivity index (χ3v) is 3.98. The lowest BCUT2D eigenvalue weighted by molar-refractivity contribution is 0.315. The van der Waals surface area contributed by atoms with Crippen LogP contribution >= 0.6 is 0 Å². The Morgan fingerprint density at radius 3 is 2.94 bits per heavy atom. The maximum absolute atomic E-state index is 12.4. The molecule has 1 N–H and O–H groups in total. The summed E-state index contributed by atoms with van der Waals surface area (Å²) in [5.74, 6) is 0. The molecule has 2 heterocycles. The molecule has 4 nitrogen and oxygen atoms in total. The van der Waals surface area contributed by atoms with Crippen molar-refractivity contribution < 1.29 is 0 Å². The van der Waals surface area contributed by atoms with Crippen LogP contribution in [-0.2, 0) is 13.0 Å². The molecule has 0 unspecified atom stereocenters. The van der Waals surface area contributed by atoms with Crippen LogP contribution in [0.4, 0.5) is 0 Å². The Balaban J connectivity index is 1.97. The van der Waals surface area contributed by atoms with Crippen molar-refractivity contribution in [2.24, 2.45) is 0 Å². The number of rotatable bonds is 1. The molecule has 4 heteroatoms. The fourth-order valence-corrected chi connectivity index (χ4v) is 2.98. The molecule has 3 rings (SSSR count). The lowest BCUT2D eigenvalue weighted by atomic mass is 9.95. The minimum absolute atomic E-state index is 0.163. The second-order valence-electron chi connectivity index (χ2n) is 5.12. The quantitative estimate of drug-likeness (QED) is 0.797. The van der Waals surface area contributed by atoms with E-state index in [2.05, 4.69) is 10.4 Å². The van der Waals surface area contributed by atoms with Crippen molar-refractivity contribution in [3.8, 4) is 0 Å². The number of fused-ring (bicyclic) bond motifs is 1. The van der Waals surface area contributed by atoms with Crippen LogP contribution in [0.25, 0.3) is 0 Å². The van der Waals surface area contributed by atoms with E-state index in [1.165, 1.54) is 19.3 Å². The molecule has 0 radical (unpaired) electrons. The van der Waals surface area contributed by atoms with Crippen molar-refractivity contribution in [3.63, 3.8) is 0 Å². The molecule has 1 fully saturated rings. The first-order chi connectivity index (χ1) is 8.36. The summed E-state index contributed by atoms with van der Waals surface area (Å²) in [5, 5.41) is 7.66. The summed E-state index contributed by atoms with van der Waals surface area (Å²) in [6, 6.07) is 0.344. The van der Waals surface area contributed by atoms with Gasteiger partial charge in [-0.15, -0.1) is 0 Å². The third-order valence-electron chi connectivity index (χ3n) is 3.98. The van der Waals surface area contributed by atoms with Crippen molar-refractivity contribution in [2.75, 3.05) is 6.54 Å². The fraction of sp³-hybridized carbons (Fsp3) is 0.692. The second-order valence-corrected chi connectivity index (χ2v) is 5.12. The number of nitrogens with one attached hydrogen (secondary N) is 1. The summed E-state index contributed by atoms with van der Waals surface area (Å²) in [6.07, 6.45) is 8.74. The van der Waals surface area contributed by atoms with E-state index in [4.69, 9.17) is 0 Å². The van der Waals surface area contributed by atoms with Crippen molar-refractivity contribution in [1.82, 2.24) is 15.1 Å². The van der Waals surface area contributed by atoms with E-state index in [1.54, 1.807) is 4.68 Å². The number of hydrogen-bond acceptors (Lipinski definition) is 3. The monoisotopic (exact) mass is 233 g/mol. The van der Waals surface area contributed by atoms with Crippen molar-refractivity contribution in [1.29, 1.82) is 0 Å². The predicted octanol–water partition coefficient (Wildman–Crippen LogP) is 1.39. The van der Waals surface area contributed by atoms with Crippen LogP contribution < -0.4 is 10.9 Å². The van der Waals surface area contributed by atoms with Gasteiger partial charge in [-0.25, -0.2) is 4.68 Å². The fourth-order valence-electron chi connectivity index (χ4n) is 2.98. The van der Waals surface area contributed by atoms with Crippen LogP contribution in [0.15, 0.2) is 11.0 Å². The zero-order valence-corrected chi connectivity index (χ0v) is 10.1. The van der Waals surface area contributed by atoms with Gasteiger partial charge < -0.3 is 5.32 Å². The van der Waals surface area contributed by atoms with E-state index in [9.17, 15) is 4.79 Å². The van der Waals surface area contributed by atoms with Gasteiger partial charge >= 0.3 is 0 Å². The highest BCUT2D eigenvalue weighted by atomic mass is 16.1. The highest BCUT2D eigenvalue weighted by Crippen LogP contribution is 2.26. The van der Waals surface area contributed by atoms with Gasteiger partial charge in [-0.1, -0.05) is 19.3 Å². The van der Waals surface area contributed by atoms with Crippen LogP contribution in [0.2, 0.25) is 0 Å². The molecule has 0 amide bonds. The molecule has 0 atom stereocenters. The first kappa shape index (κ1) is 11.0. The summed E-state index contributed by atoms with van der Waals surface area (Å²) in [6.45, 7) is 1.71. The molecular formula is C13H19N3O. The van der Waals surface area contributed by atoms with E-state index in [-0.39, 0.29) is 5.56 Å². The maximum Gasteiger partial charge on any atom is 0.270 e. The Bertz CT molecular complexity index is 460. The Morgan fingerprint density at radius 1 is 1.29 bits per heavy atom. The Hall–Kier alpha value is -1.16. The molecule has 1 aliphatic heterocycles. The minimum Gasteiger partial charge on any atom is -0.312 e. The summed E-state index contributed by atoms with van der Waals surface area (Å²) < 4.78 is 1.75.